The van der Waals surface area contributed by atoms with E-state index in [1.807, 2.05) is 0 Å². The Morgan fingerprint density at radius 1 is 0.867 bits per heavy atom. The molecule has 0 amide bonds. The lowest BCUT2D eigenvalue weighted by Crippen LogP contribution is -1.97. The molecule has 0 aromatic rings. The molecule has 1 saturated heterocycles. The molecular formula is C12H25NO2. The second kappa shape index (κ2) is 8.08. The van der Waals surface area contributed by atoms with Crippen LogP contribution >= 0.6 is 0 Å². The molecule has 0 spiro atoms. The van der Waals surface area contributed by atoms with Gasteiger partial charge < -0.3 is 15.6 Å². The highest BCUT2D eigenvalue weighted by molar-refractivity contribution is 4.74. The molecule has 15 heavy (non-hydrogen) atoms. The second-order valence-corrected chi connectivity index (χ2v) is 4.47. The van der Waals surface area contributed by atoms with Crippen molar-refractivity contribution >= 4 is 0 Å². The van der Waals surface area contributed by atoms with Gasteiger partial charge in [-0.1, -0.05) is 44.9 Å². The molecule has 1 rings (SSSR count). The van der Waals surface area contributed by atoms with Crippen molar-refractivity contribution in [1.29, 1.82) is 0 Å². The molecule has 0 aromatic heterocycles. The minimum Gasteiger partial charge on any atom is -0.366 e. The van der Waals surface area contributed by atoms with Gasteiger partial charge in [0.1, 0.15) is 6.10 Å². The molecule has 3 heteroatoms. The van der Waals surface area contributed by atoms with Crippen LogP contribution in [0.5, 0.6) is 0 Å². The maximum Gasteiger partial charge on any atom is 0.181 e. The number of aliphatic hydroxyl groups excluding tert-OH is 1. The topological polar surface area (TPSA) is 58.8 Å². The number of ether oxygens (including phenoxy) is 1. The van der Waals surface area contributed by atoms with Crippen molar-refractivity contribution < 1.29 is 9.84 Å². The van der Waals surface area contributed by atoms with Crippen LogP contribution in [0.3, 0.4) is 0 Å². The summed E-state index contributed by atoms with van der Waals surface area (Å²) in [5.41, 5.74) is 5.42. The molecule has 2 atom stereocenters. The van der Waals surface area contributed by atoms with Gasteiger partial charge in [-0.05, 0) is 19.4 Å². The molecule has 90 valence electrons. The highest BCUT2D eigenvalue weighted by Gasteiger charge is 2.35. The summed E-state index contributed by atoms with van der Waals surface area (Å²) in [5, 5.41) is 8.92. The first-order valence-corrected chi connectivity index (χ1v) is 6.38. The van der Waals surface area contributed by atoms with E-state index in [0.717, 1.165) is 13.0 Å². The van der Waals surface area contributed by atoms with Gasteiger partial charge in [-0.2, -0.15) is 0 Å². The summed E-state index contributed by atoms with van der Waals surface area (Å²) in [5.74, 6) is 0. The first-order valence-electron chi connectivity index (χ1n) is 6.38. The molecule has 0 aromatic carbocycles. The summed E-state index contributed by atoms with van der Waals surface area (Å²) in [6.07, 6.45) is 11.1. The van der Waals surface area contributed by atoms with Gasteiger partial charge in [0.2, 0.25) is 0 Å². The minimum atomic E-state index is -0.443. The number of aliphatic hydroxyl groups is 1. The van der Waals surface area contributed by atoms with Crippen LogP contribution in [-0.2, 0) is 4.74 Å². The maximum atomic E-state index is 8.92. The zero-order valence-electron chi connectivity index (χ0n) is 9.66. The van der Waals surface area contributed by atoms with Crippen LogP contribution in [0.25, 0.3) is 0 Å². The van der Waals surface area contributed by atoms with E-state index in [0.29, 0.717) is 0 Å². The maximum absolute atomic E-state index is 8.92. The Morgan fingerprint density at radius 2 is 1.33 bits per heavy atom. The lowest BCUT2D eigenvalue weighted by atomic mass is 10.1. The number of hydrogen-bond donors (Lipinski definition) is 2. The van der Waals surface area contributed by atoms with E-state index >= 15 is 0 Å². The van der Waals surface area contributed by atoms with Gasteiger partial charge in [0, 0.05) is 0 Å². The third-order valence-electron chi connectivity index (χ3n) is 3.00. The zero-order valence-corrected chi connectivity index (χ0v) is 9.66. The van der Waals surface area contributed by atoms with Gasteiger partial charge in [0.05, 0.1) is 0 Å². The van der Waals surface area contributed by atoms with Crippen molar-refractivity contribution in [3.8, 4) is 0 Å². The normalized spacial score (nSPS) is 24.4. The van der Waals surface area contributed by atoms with E-state index in [9.17, 15) is 0 Å². The molecule has 3 nitrogen and oxygen atoms in total. The summed E-state index contributed by atoms with van der Waals surface area (Å²) < 4.78 is 4.93. The SMILES string of the molecule is NCCCCCCCCCCC1OC1O. The van der Waals surface area contributed by atoms with Crippen LogP contribution in [0.4, 0.5) is 0 Å². The van der Waals surface area contributed by atoms with Crippen LogP contribution in [0, 0.1) is 0 Å². The Kier molecular flexibility index (Phi) is 6.98. The predicted octanol–water partition coefficient (Wildman–Crippen LogP) is 2.17. The first kappa shape index (κ1) is 12.9. The molecule has 0 radical (unpaired) electrons. The van der Waals surface area contributed by atoms with Crippen LogP contribution in [0.15, 0.2) is 0 Å². The van der Waals surface area contributed by atoms with E-state index < -0.39 is 6.29 Å². The molecule has 2 unspecified atom stereocenters. The fraction of sp³-hybridized carbons (Fsp3) is 1.00. The third-order valence-corrected chi connectivity index (χ3v) is 3.00. The monoisotopic (exact) mass is 215 g/mol. The standard InChI is InChI=1S/C12H25NO2/c13-10-8-6-4-2-1-3-5-7-9-11-12(14)15-11/h11-12,14H,1-10,13H2. The summed E-state index contributed by atoms with van der Waals surface area (Å²) in [4.78, 5) is 0. The van der Waals surface area contributed by atoms with Gasteiger partial charge in [0.25, 0.3) is 0 Å². The van der Waals surface area contributed by atoms with E-state index in [1.165, 1.54) is 51.4 Å². The van der Waals surface area contributed by atoms with E-state index in [4.69, 9.17) is 15.6 Å². The van der Waals surface area contributed by atoms with Crippen molar-refractivity contribution in [1.82, 2.24) is 0 Å². The van der Waals surface area contributed by atoms with Crippen molar-refractivity contribution in [2.45, 2.75) is 70.2 Å². The second-order valence-electron chi connectivity index (χ2n) is 4.47. The molecule has 0 bridgehead atoms. The lowest BCUT2D eigenvalue weighted by molar-refractivity contribution is 0.156. The smallest absolute Gasteiger partial charge is 0.181 e. The van der Waals surface area contributed by atoms with E-state index in [2.05, 4.69) is 0 Å². The fourth-order valence-corrected chi connectivity index (χ4v) is 1.89. The molecule has 1 heterocycles. The lowest BCUT2D eigenvalue weighted by Gasteiger charge is -2.00. The number of unbranched alkanes of at least 4 members (excludes halogenated alkanes) is 7. The Labute approximate surface area is 93.0 Å². The summed E-state index contributed by atoms with van der Waals surface area (Å²) >= 11 is 0. The van der Waals surface area contributed by atoms with Crippen LogP contribution in [0.1, 0.15) is 57.8 Å². The van der Waals surface area contributed by atoms with Crippen LogP contribution in [-0.4, -0.2) is 24.0 Å². The Hall–Kier alpha value is -0.120. The van der Waals surface area contributed by atoms with Gasteiger partial charge in [0.15, 0.2) is 6.29 Å². The van der Waals surface area contributed by atoms with Crippen LogP contribution in [0.2, 0.25) is 0 Å². The fourth-order valence-electron chi connectivity index (χ4n) is 1.89. The van der Waals surface area contributed by atoms with Gasteiger partial charge in [-0.3, -0.25) is 0 Å². The first-order chi connectivity index (χ1) is 7.34. The minimum absolute atomic E-state index is 0.162. The average Bonchev–Trinajstić information content (AvgIpc) is 2.92. The van der Waals surface area contributed by atoms with Crippen molar-refractivity contribution in [2.75, 3.05) is 6.54 Å². The summed E-state index contributed by atoms with van der Waals surface area (Å²) in [7, 11) is 0. The van der Waals surface area contributed by atoms with Crippen molar-refractivity contribution in [2.24, 2.45) is 5.73 Å². The Bertz CT molecular complexity index is 153. The number of rotatable bonds is 10. The average molecular weight is 215 g/mol. The van der Waals surface area contributed by atoms with Gasteiger partial charge >= 0.3 is 0 Å². The van der Waals surface area contributed by atoms with E-state index in [-0.39, 0.29) is 6.10 Å². The van der Waals surface area contributed by atoms with E-state index in [1.54, 1.807) is 0 Å². The molecule has 0 saturated carbocycles. The highest BCUT2D eigenvalue weighted by Crippen LogP contribution is 2.24. The molecular weight excluding hydrogens is 190 g/mol. The number of epoxide rings is 1. The van der Waals surface area contributed by atoms with Crippen LogP contribution < -0.4 is 5.73 Å². The molecule has 0 aliphatic carbocycles. The summed E-state index contributed by atoms with van der Waals surface area (Å²) in [6.45, 7) is 0.837. The molecule has 3 N–H and O–H groups in total. The van der Waals surface area contributed by atoms with Gasteiger partial charge in [-0.15, -0.1) is 0 Å². The van der Waals surface area contributed by atoms with Crippen molar-refractivity contribution in [3.05, 3.63) is 0 Å². The summed E-state index contributed by atoms with van der Waals surface area (Å²) in [6, 6.07) is 0. The van der Waals surface area contributed by atoms with Crippen molar-refractivity contribution in [3.63, 3.8) is 0 Å². The Balaban J connectivity index is 1.66. The molecule has 1 aliphatic rings. The Morgan fingerprint density at radius 3 is 1.80 bits per heavy atom. The molecule has 1 aliphatic heterocycles. The third kappa shape index (κ3) is 6.88. The quantitative estimate of drug-likeness (QED) is 0.434. The highest BCUT2D eigenvalue weighted by atomic mass is 16.7. The molecule has 1 fully saturated rings. The number of hydrogen-bond acceptors (Lipinski definition) is 3. The number of nitrogens with two attached hydrogens (primary N) is 1. The van der Waals surface area contributed by atoms with Gasteiger partial charge in [-0.25, -0.2) is 0 Å². The predicted molar refractivity (Wildman–Crippen MR) is 61.5 cm³/mol. The zero-order chi connectivity index (χ0) is 10.9. The largest absolute Gasteiger partial charge is 0.366 e.